The van der Waals surface area contributed by atoms with Crippen LogP contribution in [0.5, 0.6) is 0 Å². The smallest absolute Gasteiger partial charge is 0.228 e. The number of hydrogen-bond acceptors (Lipinski definition) is 2. The molecule has 6 heteroatoms. The lowest BCUT2D eigenvalue weighted by atomic mass is 10.3. The van der Waals surface area contributed by atoms with Gasteiger partial charge in [-0.1, -0.05) is 23.2 Å². The van der Waals surface area contributed by atoms with Crippen LogP contribution in [0.1, 0.15) is 6.42 Å². The minimum absolute atomic E-state index is 0. The summed E-state index contributed by atoms with van der Waals surface area (Å²) in [6.45, 7) is 0.538. The van der Waals surface area contributed by atoms with Crippen LogP contribution < -0.4 is 10.6 Å². The van der Waals surface area contributed by atoms with Gasteiger partial charge in [0.05, 0.1) is 10.0 Å². The van der Waals surface area contributed by atoms with Gasteiger partial charge in [0, 0.05) is 24.7 Å². The van der Waals surface area contributed by atoms with E-state index in [9.17, 15) is 4.79 Å². The van der Waals surface area contributed by atoms with E-state index in [0.29, 0.717) is 23.0 Å². The van der Waals surface area contributed by atoms with Gasteiger partial charge in [0.1, 0.15) is 0 Å². The lowest BCUT2D eigenvalue weighted by Crippen LogP contribution is -2.27. The molecule has 2 N–H and O–H groups in total. The number of nitrogens with two attached hydrogens (primary N) is 1. The van der Waals surface area contributed by atoms with Gasteiger partial charge in [-0.2, -0.15) is 0 Å². The van der Waals surface area contributed by atoms with Crippen LogP contribution in [0.3, 0.4) is 0 Å². The van der Waals surface area contributed by atoms with Gasteiger partial charge in [-0.25, -0.2) is 0 Å². The third-order valence-electron chi connectivity index (χ3n) is 2.37. The Bertz CT molecular complexity index is 411. The predicted octanol–water partition coefficient (Wildman–Crippen LogP) is 2.48. The molecule has 1 saturated heterocycles. The molecule has 0 aliphatic carbocycles. The molecule has 1 amide bonds. The molecule has 1 aliphatic heterocycles. The van der Waals surface area contributed by atoms with E-state index in [4.69, 9.17) is 28.9 Å². The monoisotopic (exact) mass is 280 g/mol. The summed E-state index contributed by atoms with van der Waals surface area (Å²) in [7, 11) is 0. The van der Waals surface area contributed by atoms with Crippen molar-refractivity contribution in [2.75, 3.05) is 11.4 Å². The highest BCUT2D eigenvalue weighted by Gasteiger charge is 2.28. The van der Waals surface area contributed by atoms with Crippen LogP contribution in [0, 0.1) is 0 Å². The van der Waals surface area contributed by atoms with Crippen molar-refractivity contribution in [3.8, 4) is 0 Å². The number of hydrogen-bond donors (Lipinski definition) is 1. The standard InChI is InChI=1S/C10H10Cl2N2O.ClH/c11-8-2-1-7(4-9(8)12)14-5-6(13)3-10(14)15;/h1-2,4,6H,3,5,13H2;1H. The average Bonchev–Trinajstić information content (AvgIpc) is 2.50. The Morgan fingerprint density at radius 1 is 1.31 bits per heavy atom. The fraction of sp³-hybridized carbons (Fsp3) is 0.300. The third kappa shape index (κ3) is 2.61. The molecule has 1 atom stereocenters. The van der Waals surface area contributed by atoms with Gasteiger partial charge in [0.25, 0.3) is 0 Å². The second-order valence-electron chi connectivity index (χ2n) is 3.57. The van der Waals surface area contributed by atoms with Crippen molar-refractivity contribution in [3.63, 3.8) is 0 Å². The van der Waals surface area contributed by atoms with Crippen molar-refractivity contribution in [1.29, 1.82) is 0 Å². The summed E-state index contributed by atoms with van der Waals surface area (Å²) < 4.78 is 0. The first-order chi connectivity index (χ1) is 7.08. The minimum atomic E-state index is -0.0908. The topological polar surface area (TPSA) is 46.3 Å². The number of benzene rings is 1. The van der Waals surface area contributed by atoms with E-state index in [1.54, 1.807) is 23.1 Å². The first-order valence-electron chi connectivity index (χ1n) is 4.59. The Morgan fingerprint density at radius 2 is 2.00 bits per heavy atom. The van der Waals surface area contributed by atoms with E-state index in [1.165, 1.54) is 0 Å². The molecule has 1 aromatic carbocycles. The third-order valence-corrected chi connectivity index (χ3v) is 3.11. The lowest BCUT2D eigenvalue weighted by Gasteiger charge is -2.16. The fourth-order valence-electron chi connectivity index (χ4n) is 1.64. The SMILES string of the molecule is Cl.NC1CC(=O)N(c2ccc(Cl)c(Cl)c2)C1. The van der Waals surface area contributed by atoms with Gasteiger partial charge in [-0.15, -0.1) is 12.4 Å². The summed E-state index contributed by atoms with van der Waals surface area (Å²) in [6.07, 6.45) is 0.389. The van der Waals surface area contributed by atoms with Crippen molar-refractivity contribution >= 4 is 47.2 Å². The van der Waals surface area contributed by atoms with Crippen molar-refractivity contribution in [2.24, 2.45) is 5.73 Å². The number of carbonyl (C=O) groups is 1. The molecule has 88 valence electrons. The molecule has 0 radical (unpaired) electrons. The Kier molecular flexibility index (Phi) is 4.44. The molecule has 1 fully saturated rings. The second-order valence-corrected chi connectivity index (χ2v) is 4.38. The van der Waals surface area contributed by atoms with E-state index in [0.717, 1.165) is 5.69 Å². The zero-order valence-corrected chi connectivity index (χ0v) is 10.6. The van der Waals surface area contributed by atoms with Gasteiger partial charge in [0.15, 0.2) is 0 Å². The molecule has 0 aromatic heterocycles. The minimum Gasteiger partial charge on any atom is -0.326 e. The fourth-order valence-corrected chi connectivity index (χ4v) is 1.93. The number of amides is 1. The van der Waals surface area contributed by atoms with Crippen LogP contribution >= 0.6 is 35.6 Å². The van der Waals surface area contributed by atoms with E-state index in [-0.39, 0.29) is 24.4 Å². The maximum absolute atomic E-state index is 11.6. The zero-order valence-electron chi connectivity index (χ0n) is 8.32. The molecule has 16 heavy (non-hydrogen) atoms. The lowest BCUT2D eigenvalue weighted by molar-refractivity contribution is -0.117. The first kappa shape index (κ1) is 13.6. The van der Waals surface area contributed by atoms with Gasteiger partial charge in [0.2, 0.25) is 5.91 Å². The molecule has 0 saturated carbocycles. The molecule has 1 unspecified atom stereocenters. The van der Waals surface area contributed by atoms with Crippen LogP contribution in [0.2, 0.25) is 10.0 Å². The average molecular weight is 282 g/mol. The van der Waals surface area contributed by atoms with Crippen LogP contribution in [-0.4, -0.2) is 18.5 Å². The van der Waals surface area contributed by atoms with Gasteiger partial charge >= 0.3 is 0 Å². The summed E-state index contributed by atoms with van der Waals surface area (Å²) in [4.78, 5) is 13.2. The van der Waals surface area contributed by atoms with Gasteiger partial charge < -0.3 is 10.6 Å². The molecule has 2 rings (SSSR count). The highest BCUT2D eigenvalue weighted by molar-refractivity contribution is 6.42. The van der Waals surface area contributed by atoms with E-state index in [1.807, 2.05) is 0 Å². The van der Waals surface area contributed by atoms with Crippen molar-refractivity contribution in [3.05, 3.63) is 28.2 Å². The van der Waals surface area contributed by atoms with E-state index < -0.39 is 0 Å². The van der Waals surface area contributed by atoms with Gasteiger partial charge in [-0.3, -0.25) is 4.79 Å². The molecule has 1 aromatic rings. The summed E-state index contributed by atoms with van der Waals surface area (Å²) in [5, 5.41) is 0.929. The molecule has 1 heterocycles. The summed E-state index contributed by atoms with van der Waals surface area (Å²) in [6, 6.07) is 5.03. The normalized spacial score (nSPS) is 19.8. The van der Waals surface area contributed by atoms with Crippen LogP contribution in [0.25, 0.3) is 0 Å². The molecule has 0 spiro atoms. The Hall–Kier alpha value is -0.480. The van der Waals surface area contributed by atoms with E-state index >= 15 is 0 Å². The summed E-state index contributed by atoms with van der Waals surface area (Å²) >= 11 is 11.7. The predicted molar refractivity (Wildman–Crippen MR) is 68.7 cm³/mol. The summed E-state index contributed by atoms with van der Waals surface area (Å²) in [5.41, 5.74) is 6.45. The Labute approximate surface area is 110 Å². The molecular formula is C10H11Cl3N2O. The second kappa shape index (κ2) is 5.23. The van der Waals surface area contributed by atoms with Crippen molar-refractivity contribution in [1.82, 2.24) is 0 Å². The van der Waals surface area contributed by atoms with Gasteiger partial charge in [-0.05, 0) is 18.2 Å². The number of rotatable bonds is 1. The van der Waals surface area contributed by atoms with Crippen molar-refractivity contribution in [2.45, 2.75) is 12.5 Å². The van der Waals surface area contributed by atoms with Crippen LogP contribution in [0.4, 0.5) is 5.69 Å². The first-order valence-corrected chi connectivity index (χ1v) is 5.34. The molecule has 3 nitrogen and oxygen atoms in total. The Morgan fingerprint density at radius 3 is 2.50 bits per heavy atom. The molecule has 0 bridgehead atoms. The number of halogens is 3. The van der Waals surface area contributed by atoms with Crippen LogP contribution in [-0.2, 0) is 4.79 Å². The number of nitrogens with zero attached hydrogens (tertiary/aromatic N) is 1. The molecular weight excluding hydrogens is 270 g/mol. The maximum atomic E-state index is 11.6. The quantitative estimate of drug-likeness (QED) is 0.859. The number of carbonyl (C=O) groups excluding carboxylic acids is 1. The van der Waals surface area contributed by atoms with Crippen molar-refractivity contribution < 1.29 is 4.79 Å². The largest absolute Gasteiger partial charge is 0.326 e. The Balaban J connectivity index is 0.00000128. The van der Waals surface area contributed by atoms with E-state index in [2.05, 4.69) is 0 Å². The number of anilines is 1. The maximum Gasteiger partial charge on any atom is 0.228 e. The molecule has 1 aliphatic rings. The highest BCUT2D eigenvalue weighted by Crippen LogP contribution is 2.29. The zero-order chi connectivity index (χ0) is 11.0. The summed E-state index contributed by atoms with van der Waals surface area (Å²) in [5.74, 6) is 0.0286. The highest BCUT2D eigenvalue weighted by atomic mass is 35.5. The van der Waals surface area contributed by atoms with Crippen LogP contribution in [0.15, 0.2) is 18.2 Å².